The Morgan fingerprint density at radius 3 is 2.76 bits per heavy atom. The third kappa shape index (κ3) is 4.48. The van der Waals surface area contributed by atoms with Crippen LogP contribution in [0.1, 0.15) is 53.8 Å². The van der Waals surface area contributed by atoms with Gasteiger partial charge in [0.2, 0.25) is 0 Å². The lowest BCUT2D eigenvalue weighted by Crippen LogP contribution is -2.31. The lowest BCUT2D eigenvalue weighted by Gasteiger charge is -2.21. The van der Waals surface area contributed by atoms with Crippen molar-refractivity contribution in [3.63, 3.8) is 0 Å². The molecule has 1 aliphatic heterocycles. The fraction of sp³-hybridized carbons (Fsp3) is 0.290. The molecule has 3 aromatic carbocycles. The van der Waals surface area contributed by atoms with Crippen molar-refractivity contribution in [3.8, 4) is 28.4 Å². The predicted molar refractivity (Wildman–Crippen MR) is 147 cm³/mol. The van der Waals surface area contributed by atoms with Gasteiger partial charge in [-0.3, -0.25) is 4.79 Å². The minimum atomic E-state index is -0.0926. The van der Waals surface area contributed by atoms with Gasteiger partial charge in [-0.2, -0.15) is 0 Å². The van der Waals surface area contributed by atoms with Crippen LogP contribution in [0.5, 0.6) is 5.75 Å². The summed E-state index contributed by atoms with van der Waals surface area (Å²) in [6.07, 6.45) is 4.22. The maximum atomic E-state index is 14.1. The van der Waals surface area contributed by atoms with E-state index < -0.39 is 0 Å². The number of amides is 1. The summed E-state index contributed by atoms with van der Waals surface area (Å²) in [6.45, 7) is 4.09. The van der Waals surface area contributed by atoms with E-state index in [4.69, 9.17) is 9.72 Å². The van der Waals surface area contributed by atoms with Crippen LogP contribution in [0.4, 0.5) is 5.69 Å². The second kappa shape index (κ2) is 10.1. The maximum absolute atomic E-state index is 14.1. The van der Waals surface area contributed by atoms with E-state index in [1.165, 1.54) is 11.1 Å². The molecule has 1 aliphatic carbocycles. The highest BCUT2D eigenvalue weighted by molar-refractivity contribution is 6.00. The summed E-state index contributed by atoms with van der Waals surface area (Å²) in [5.41, 5.74) is 6.66. The van der Waals surface area contributed by atoms with E-state index in [-0.39, 0.29) is 11.9 Å². The molecule has 0 spiro atoms. The van der Waals surface area contributed by atoms with E-state index in [1.54, 1.807) is 0 Å². The molecular formula is C31H32N4O2. The molecule has 0 bridgehead atoms. The van der Waals surface area contributed by atoms with Gasteiger partial charge in [-0.05, 0) is 49.4 Å². The molecule has 6 rings (SSSR count). The van der Waals surface area contributed by atoms with E-state index in [9.17, 15) is 4.79 Å². The predicted octanol–water partition coefficient (Wildman–Crippen LogP) is 6.24. The standard InChI is InChI=1S/C31H32N4O2/c1-2-35-29(31(36)33-25-15-9-7-11-21-10-6-8-14-24(21)25)28(34-30(35)22-12-4-3-5-13-22)23-16-17-26-27(20-23)37-19-18-32-26/h3-6,8,10,12-14,16-17,20,25,32H,2,7,9,11,15,18-19H2,1H3,(H,33,36). The third-order valence-corrected chi connectivity index (χ3v) is 7.39. The number of ether oxygens (including phenoxy) is 1. The quantitative estimate of drug-likeness (QED) is 0.324. The summed E-state index contributed by atoms with van der Waals surface area (Å²) in [4.78, 5) is 19.2. The molecular weight excluding hydrogens is 460 g/mol. The van der Waals surface area contributed by atoms with Gasteiger partial charge in [0.25, 0.3) is 5.91 Å². The van der Waals surface area contributed by atoms with Crippen LogP contribution in [0.15, 0.2) is 72.8 Å². The van der Waals surface area contributed by atoms with Gasteiger partial charge in [0.1, 0.15) is 29.6 Å². The SMILES string of the molecule is CCn1c(-c2ccccc2)nc(-c2ccc3c(c2)OCCN3)c1C(=O)NC1CCCCc2ccccc21. The monoisotopic (exact) mass is 492 g/mol. The molecule has 2 aliphatic rings. The zero-order chi connectivity index (χ0) is 25.2. The molecule has 188 valence electrons. The Morgan fingerprint density at radius 1 is 1.05 bits per heavy atom. The second-order valence-corrected chi connectivity index (χ2v) is 9.70. The van der Waals surface area contributed by atoms with Crippen molar-refractivity contribution in [2.45, 2.75) is 45.2 Å². The molecule has 0 radical (unpaired) electrons. The number of anilines is 1. The largest absolute Gasteiger partial charge is 0.490 e. The first kappa shape index (κ1) is 23.3. The van der Waals surface area contributed by atoms with Crippen LogP contribution in [-0.4, -0.2) is 28.6 Å². The molecule has 1 amide bonds. The van der Waals surface area contributed by atoms with Gasteiger partial charge in [0.05, 0.1) is 11.7 Å². The number of carbonyl (C=O) groups excluding carboxylic acids is 1. The van der Waals surface area contributed by atoms with Crippen LogP contribution < -0.4 is 15.4 Å². The Morgan fingerprint density at radius 2 is 1.89 bits per heavy atom. The first-order valence-electron chi connectivity index (χ1n) is 13.3. The highest BCUT2D eigenvalue weighted by atomic mass is 16.5. The zero-order valence-corrected chi connectivity index (χ0v) is 21.2. The van der Waals surface area contributed by atoms with Gasteiger partial charge >= 0.3 is 0 Å². The van der Waals surface area contributed by atoms with E-state index in [1.807, 2.05) is 53.1 Å². The maximum Gasteiger partial charge on any atom is 0.270 e. The van der Waals surface area contributed by atoms with Gasteiger partial charge < -0.3 is 19.9 Å². The lowest BCUT2D eigenvalue weighted by molar-refractivity contribution is 0.0926. The normalized spacial score (nSPS) is 16.5. The Kier molecular flexibility index (Phi) is 6.39. The van der Waals surface area contributed by atoms with Gasteiger partial charge in [0, 0.05) is 24.2 Å². The third-order valence-electron chi connectivity index (χ3n) is 7.39. The van der Waals surface area contributed by atoms with Crippen LogP contribution in [-0.2, 0) is 13.0 Å². The van der Waals surface area contributed by atoms with Crippen molar-refractivity contribution in [1.29, 1.82) is 0 Å². The Labute approximate surface area is 217 Å². The first-order valence-corrected chi connectivity index (χ1v) is 13.3. The van der Waals surface area contributed by atoms with Crippen LogP contribution >= 0.6 is 0 Å². The summed E-state index contributed by atoms with van der Waals surface area (Å²) in [5.74, 6) is 1.49. The van der Waals surface area contributed by atoms with E-state index >= 15 is 0 Å². The minimum Gasteiger partial charge on any atom is -0.490 e. The molecule has 1 unspecified atom stereocenters. The topological polar surface area (TPSA) is 68.2 Å². The summed E-state index contributed by atoms with van der Waals surface area (Å²) in [6, 6.07) is 24.6. The average molecular weight is 493 g/mol. The van der Waals surface area contributed by atoms with Crippen molar-refractivity contribution < 1.29 is 9.53 Å². The molecule has 4 aromatic rings. The molecule has 1 atom stereocenters. The fourth-order valence-corrected chi connectivity index (χ4v) is 5.58. The Balaban J connectivity index is 1.45. The van der Waals surface area contributed by atoms with Crippen LogP contribution in [0.2, 0.25) is 0 Å². The number of hydrogen-bond donors (Lipinski definition) is 2. The van der Waals surface area contributed by atoms with Gasteiger partial charge in [-0.15, -0.1) is 0 Å². The first-order chi connectivity index (χ1) is 18.2. The number of fused-ring (bicyclic) bond motifs is 2. The molecule has 0 saturated carbocycles. The number of imidazole rings is 1. The fourth-order valence-electron chi connectivity index (χ4n) is 5.58. The summed E-state index contributed by atoms with van der Waals surface area (Å²) in [5, 5.41) is 6.77. The summed E-state index contributed by atoms with van der Waals surface area (Å²) < 4.78 is 7.95. The van der Waals surface area contributed by atoms with Crippen molar-refractivity contribution in [3.05, 3.63) is 89.6 Å². The molecule has 6 nitrogen and oxygen atoms in total. The number of carbonyl (C=O) groups is 1. The lowest BCUT2D eigenvalue weighted by atomic mass is 9.99. The summed E-state index contributed by atoms with van der Waals surface area (Å²) >= 11 is 0. The molecule has 37 heavy (non-hydrogen) atoms. The highest BCUT2D eigenvalue weighted by Gasteiger charge is 2.28. The van der Waals surface area contributed by atoms with Crippen molar-refractivity contribution in [2.24, 2.45) is 0 Å². The van der Waals surface area contributed by atoms with Crippen molar-refractivity contribution in [1.82, 2.24) is 14.9 Å². The van der Waals surface area contributed by atoms with E-state index in [0.29, 0.717) is 24.5 Å². The Bertz CT molecular complexity index is 1430. The van der Waals surface area contributed by atoms with Crippen molar-refractivity contribution >= 4 is 11.6 Å². The molecule has 0 saturated heterocycles. The van der Waals surface area contributed by atoms with Gasteiger partial charge in [-0.1, -0.05) is 67.1 Å². The van der Waals surface area contributed by atoms with Gasteiger partial charge in [-0.25, -0.2) is 4.98 Å². The number of rotatable bonds is 5. The number of nitrogens with zero attached hydrogens (tertiary/aromatic N) is 2. The number of nitrogens with one attached hydrogen (secondary N) is 2. The molecule has 2 N–H and O–H groups in total. The molecule has 6 heteroatoms. The highest BCUT2D eigenvalue weighted by Crippen LogP contribution is 2.36. The number of aryl methyl sites for hydroxylation is 1. The number of aromatic nitrogens is 2. The smallest absolute Gasteiger partial charge is 0.270 e. The minimum absolute atomic E-state index is 0.0181. The number of benzene rings is 3. The average Bonchev–Trinajstić information content (AvgIpc) is 3.23. The molecule has 2 heterocycles. The van der Waals surface area contributed by atoms with Crippen LogP contribution in [0.25, 0.3) is 22.6 Å². The summed E-state index contributed by atoms with van der Waals surface area (Å²) in [7, 11) is 0. The second-order valence-electron chi connectivity index (χ2n) is 9.70. The molecule has 1 aromatic heterocycles. The number of hydrogen-bond acceptors (Lipinski definition) is 4. The van der Waals surface area contributed by atoms with Crippen LogP contribution in [0.3, 0.4) is 0 Å². The van der Waals surface area contributed by atoms with Gasteiger partial charge in [0.15, 0.2) is 0 Å². The van der Waals surface area contributed by atoms with E-state index in [0.717, 1.165) is 60.6 Å². The van der Waals surface area contributed by atoms with Crippen molar-refractivity contribution in [2.75, 3.05) is 18.5 Å². The Hall–Kier alpha value is -4.06. The van der Waals surface area contributed by atoms with E-state index in [2.05, 4.69) is 41.8 Å². The zero-order valence-electron chi connectivity index (χ0n) is 21.2. The van der Waals surface area contributed by atoms with Crippen LogP contribution in [0, 0.1) is 0 Å². The molecule has 0 fully saturated rings.